The number of hydrogen-bond acceptors (Lipinski definition) is 5. The van der Waals surface area contributed by atoms with Gasteiger partial charge in [0, 0.05) is 33.0 Å². The number of hydrogen-bond donors (Lipinski definition) is 1. The van der Waals surface area contributed by atoms with Crippen LogP contribution in [0.3, 0.4) is 0 Å². The smallest absolute Gasteiger partial charge is 0.253 e. The van der Waals surface area contributed by atoms with E-state index in [2.05, 4.69) is 0 Å². The number of carbonyl (C=O) groups excluding carboxylic acids is 2. The third-order valence-electron chi connectivity index (χ3n) is 5.11. The summed E-state index contributed by atoms with van der Waals surface area (Å²) in [5.74, 6) is 0.456. The van der Waals surface area contributed by atoms with E-state index in [1.165, 1.54) is 21.3 Å². The summed E-state index contributed by atoms with van der Waals surface area (Å²) < 4.78 is 16.7. The van der Waals surface area contributed by atoms with Crippen LogP contribution >= 0.6 is 0 Å². The van der Waals surface area contributed by atoms with E-state index < -0.39 is 5.91 Å². The van der Waals surface area contributed by atoms with Crippen LogP contribution in [-0.2, 0) is 0 Å². The Kier molecular flexibility index (Phi) is 4.00. The highest BCUT2D eigenvalue weighted by Gasteiger charge is 2.38. The summed E-state index contributed by atoms with van der Waals surface area (Å²) in [7, 11) is 4.52. The first-order valence-corrected chi connectivity index (χ1v) is 8.68. The van der Waals surface area contributed by atoms with Crippen LogP contribution in [-0.4, -0.2) is 33.0 Å². The topological polar surface area (TPSA) is 87.8 Å². The number of ketones is 1. The molecular formula is C22H19NO5. The van der Waals surface area contributed by atoms with E-state index in [1.54, 1.807) is 18.2 Å². The molecule has 1 aliphatic carbocycles. The highest BCUT2D eigenvalue weighted by Crippen LogP contribution is 2.53. The molecule has 3 aromatic carbocycles. The molecule has 0 unspecified atom stereocenters. The molecule has 0 aromatic heterocycles. The molecule has 6 heteroatoms. The molecule has 28 heavy (non-hydrogen) atoms. The summed E-state index contributed by atoms with van der Waals surface area (Å²) >= 11 is 0. The Morgan fingerprint density at radius 3 is 2.25 bits per heavy atom. The predicted octanol–water partition coefficient (Wildman–Crippen LogP) is 3.48. The lowest BCUT2D eigenvalue weighted by Crippen LogP contribution is -2.15. The van der Waals surface area contributed by atoms with Gasteiger partial charge >= 0.3 is 0 Å². The number of methoxy groups -OCH3 is 3. The number of benzene rings is 3. The van der Waals surface area contributed by atoms with Crippen molar-refractivity contribution >= 4 is 22.5 Å². The van der Waals surface area contributed by atoms with Crippen LogP contribution in [0.15, 0.2) is 30.3 Å². The molecule has 1 amide bonds. The summed E-state index contributed by atoms with van der Waals surface area (Å²) in [6.07, 6.45) is 0. The zero-order valence-electron chi connectivity index (χ0n) is 16.0. The third kappa shape index (κ3) is 2.21. The molecule has 0 fully saturated rings. The number of fused-ring (bicyclic) bond motifs is 5. The minimum Gasteiger partial charge on any atom is -0.496 e. The quantitative estimate of drug-likeness (QED) is 0.588. The van der Waals surface area contributed by atoms with Gasteiger partial charge in [0.25, 0.3) is 5.91 Å². The van der Waals surface area contributed by atoms with Gasteiger partial charge in [-0.2, -0.15) is 0 Å². The first kappa shape index (κ1) is 17.9. The molecule has 0 atom stereocenters. The van der Waals surface area contributed by atoms with Crippen molar-refractivity contribution in [2.75, 3.05) is 21.3 Å². The van der Waals surface area contributed by atoms with Crippen molar-refractivity contribution in [3.63, 3.8) is 0 Å². The summed E-state index contributed by atoms with van der Waals surface area (Å²) in [5, 5.41) is 1.07. The van der Waals surface area contributed by atoms with Crippen molar-refractivity contribution < 1.29 is 23.8 Å². The van der Waals surface area contributed by atoms with Gasteiger partial charge in [0.1, 0.15) is 17.2 Å². The SMILES string of the molecule is COc1cccc2c1-c1c(OC)c(C(N)=O)c3cc(C)cc(OC)c3c1C2=O. The zero-order chi connectivity index (χ0) is 20.2. The second kappa shape index (κ2) is 6.27. The van der Waals surface area contributed by atoms with Gasteiger partial charge in [0.2, 0.25) is 0 Å². The highest BCUT2D eigenvalue weighted by molar-refractivity contribution is 6.32. The Morgan fingerprint density at radius 1 is 0.929 bits per heavy atom. The Hall–Kier alpha value is -3.54. The fourth-order valence-electron chi connectivity index (χ4n) is 4.05. The summed E-state index contributed by atoms with van der Waals surface area (Å²) in [6, 6.07) is 8.89. The van der Waals surface area contributed by atoms with Crippen molar-refractivity contribution in [3.8, 4) is 28.4 Å². The fraction of sp³-hybridized carbons (Fsp3) is 0.182. The number of rotatable bonds is 4. The first-order valence-electron chi connectivity index (χ1n) is 8.68. The maximum atomic E-state index is 13.4. The number of amides is 1. The van der Waals surface area contributed by atoms with Gasteiger partial charge < -0.3 is 19.9 Å². The molecule has 6 nitrogen and oxygen atoms in total. The van der Waals surface area contributed by atoms with Crippen molar-refractivity contribution in [3.05, 3.63) is 52.6 Å². The molecule has 0 heterocycles. The second-order valence-corrected chi connectivity index (χ2v) is 6.62. The Bertz CT molecular complexity index is 1180. The monoisotopic (exact) mass is 377 g/mol. The van der Waals surface area contributed by atoms with Gasteiger partial charge in [0.15, 0.2) is 5.78 Å². The summed E-state index contributed by atoms with van der Waals surface area (Å²) in [6.45, 7) is 1.88. The minimum absolute atomic E-state index is 0.176. The maximum absolute atomic E-state index is 13.4. The molecule has 142 valence electrons. The average Bonchev–Trinajstić information content (AvgIpc) is 2.98. The molecule has 0 spiro atoms. The van der Waals surface area contributed by atoms with Crippen LogP contribution in [0.1, 0.15) is 31.8 Å². The normalized spacial score (nSPS) is 11.9. The van der Waals surface area contributed by atoms with E-state index >= 15 is 0 Å². The van der Waals surface area contributed by atoms with E-state index in [0.29, 0.717) is 44.5 Å². The van der Waals surface area contributed by atoms with Crippen molar-refractivity contribution in [1.29, 1.82) is 0 Å². The molecular weight excluding hydrogens is 358 g/mol. The van der Waals surface area contributed by atoms with E-state index in [9.17, 15) is 9.59 Å². The molecule has 0 saturated carbocycles. The number of primary amides is 1. The van der Waals surface area contributed by atoms with Gasteiger partial charge in [-0.25, -0.2) is 0 Å². The molecule has 3 aromatic rings. The van der Waals surface area contributed by atoms with Crippen molar-refractivity contribution in [1.82, 2.24) is 0 Å². The average molecular weight is 377 g/mol. The van der Waals surface area contributed by atoms with Crippen LogP contribution < -0.4 is 19.9 Å². The number of carbonyl (C=O) groups is 2. The van der Waals surface area contributed by atoms with Crippen LogP contribution in [0.4, 0.5) is 0 Å². The first-order chi connectivity index (χ1) is 13.4. The second-order valence-electron chi connectivity index (χ2n) is 6.62. The largest absolute Gasteiger partial charge is 0.496 e. The zero-order valence-corrected chi connectivity index (χ0v) is 16.0. The molecule has 0 aliphatic heterocycles. The van der Waals surface area contributed by atoms with Crippen molar-refractivity contribution in [2.24, 2.45) is 5.73 Å². The molecule has 4 rings (SSSR count). The minimum atomic E-state index is -0.645. The maximum Gasteiger partial charge on any atom is 0.253 e. The fourth-order valence-corrected chi connectivity index (χ4v) is 4.05. The van der Waals surface area contributed by atoms with E-state index in [-0.39, 0.29) is 17.1 Å². The van der Waals surface area contributed by atoms with Gasteiger partial charge in [-0.15, -0.1) is 0 Å². The van der Waals surface area contributed by atoms with Crippen LogP contribution in [0.2, 0.25) is 0 Å². The number of nitrogens with two attached hydrogens (primary N) is 1. The molecule has 0 radical (unpaired) electrons. The Labute approximate surface area is 161 Å². The number of ether oxygens (including phenoxy) is 3. The number of aryl methyl sites for hydroxylation is 1. The van der Waals surface area contributed by atoms with Crippen LogP contribution in [0.25, 0.3) is 21.9 Å². The molecule has 2 N–H and O–H groups in total. The van der Waals surface area contributed by atoms with Gasteiger partial charge in [-0.05, 0) is 24.6 Å². The molecule has 1 aliphatic rings. The third-order valence-corrected chi connectivity index (χ3v) is 5.11. The van der Waals surface area contributed by atoms with Gasteiger partial charge in [-0.3, -0.25) is 9.59 Å². The molecule has 0 saturated heterocycles. The van der Waals surface area contributed by atoms with Gasteiger partial charge in [-0.1, -0.05) is 18.2 Å². The molecule has 0 bridgehead atoms. The van der Waals surface area contributed by atoms with Crippen LogP contribution in [0, 0.1) is 6.92 Å². The van der Waals surface area contributed by atoms with E-state index in [1.807, 2.05) is 19.1 Å². The standard InChI is InChI=1S/C22H19NO5/c1-10-8-12-16(14(9-10)27-3)18-19(21(28-4)17(12)22(23)25)15-11(20(18)24)6-5-7-13(15)26-2/h5-9H,1-4H3,(H2,23,25). The van der Waals surface area contributed by atoms with E-state index in [4.69, 9.17) is 19.9 Å². The Balaban J connectivity index is 2.33. The lowest BCUT2D eigenvalue weighted by Gasteiger charge is -2.18. The summed E-state index contributed by atoms with van der Waals surface area (Å²) in [5.41, 5.74) is 8.83. The van der Waals surface area contributed by atoms with E-state index in [0.717, 1.165) is 5.56 Å². The van der Waals surface area contributed by atoms with Gasteiger partial charge in [0.05, 0.1) is 26.9 Å². The summed E-state index contributed by atoms with van der Waals surface area (Å²) in [4.78, 5) is 25.8. The predicted molar refractivity (Wildman–Crippen MR) is 106 cm³/mol. The van der Waals surface area contributed by atoms with Crippen LogP contribution in [0.5, 0.6) is 17.2 Å². The lowest BCUT2D eigenvalue weighted by atomic mass is 9.90. The lowest BCUT2D eigenvalue weighted by molar-refractivity contribution is 0.0996. The highest BCUT2D eigenvalue weighted by atomic mass is 16.5. The Morgan fingerprint density at radius 2 is 1.64 bits per heavy atom. The van der Waals surface area contributed by atoms with Crippen molar-refractivity contribution in [2.45, 2.75) is 6.92 Å².